The number of halogens is 2. The standard InChI is InChI=1S/C12H12BrClO5S/c13-8-1-2-11(10(14)5-8)18-6-12(15)19-9-3-4-20(16,17)7-9/h1-2,5,9H,3-4,6-7H2/t9-/m1/s1. The molecule has 1 aromatic carbocycles. The van der Waals surface area contributed by atoms with E-state index in [0.717, 1.165) is 4.47 Å². The molecule has 1 aromatic rings. The lowest BCUT2D eigenvalue weighted by molar-refractivity contribution is -0.150. The molecule has 1 heterocycles. The molecule has 1 atom stereocenters. The van der Waals surface area contributed by atoms with Crippen molar-refractivity contribution in [2.24, 2.45) is 0 Å². The highest BCUT2D eigenvalue weighted by molar-refractivity contribution is 9.10. The van der Waals surface area contributed by atoms with Gasteiger partial charge in [0, 0.05) is 4.47 Å². The van der Waals surface area contributed by atoms with E-state index >= 15 is 0 Å². The molecule has 0 aliphatic carbocycles. The summed E-state index contributed by atoms with van der Waals surface area (Å²) in [7, 11) is -3.06. The van der Waals surface area contributed by atoms with Crippen LogP contribution in [0, 0.1) is 0 Å². The Labute approximate surface area is 130 Å². The topological polar surface area (TPSA) is 69.7 Å². The predicted octanol–water partition coefficient (Wildman–Crippen LogP) is 2.21. The van der Waals surface area contributed by atoms with Gasteiger partial charge in [0.25, 0.3) is 0 Å². The fourth-order valence-electron chi connectivity index (χ4n) is 1.80. The number of sulfone groups is 1. The van der Waals surface area contributed by atoms with Gasteiger partial charge < -0.3 is 9.47 Å². The first-order valence-electron chi connectivity index (χ1n) is 5.83. The molecule has 0 unspecified atom stereocenters. The highest BCUT2D eigenvalue weighted by atomic mass is 79.9. The number of esters is 1. The first-order chi connectivity index (χ1) is 9.35. The summed E-state index contributed by atoms with van der Waals surface area (Å²) in [6.07, 6.45) is -0.232. The van der Waals surface area contributed by atoms with Gasteiger partial charge in [-0.2, -0.15) is 0 Å². The van der Waals surface area contributed by atoms with Gasteiger partial charge in [0.15, 0.2) is 16.4 Å². The number of ether oxygens (including phenoxy) is 2. The maximum absolute atomic E-state index is 11.6. The second kappa shape index (κ2) is 6.32. The third kappa shape index (κ3) is 4.36. The van der Waals surface area contributed by atoms with Crippen LogP contribution in [0.5, 0.6) is 5.75 Å². The normalized spacial score (nSPS) is 20.6. The van der Waals surface area contributed by atoms with Crippen LogP contribution < -0.4 is 4.74 Å². The molecule has 0 amide bonds. The molecule has 1 fully saturated rings. The van der Waals surface area contributed by atoms with E-state index in [1.165, 1.54) is 0 Å². The lowest BCUT2D eigenvalue weighted by Crippen LogP contribution is -2.23. The third-order valence-corrected chi connectivity index (χ3v) is 5.25. The fraction of sp³-hybridized carbons (Fsp3) is 0.417. The Balaban J connectivity index is 1.84. The van der Waals surface area contributed by atoms with Crippen LogP contribution in [0.2, 0.25) is 5.02 Å². The Kier molecular flexibility index (Phi) is 4.93. The molecular formula is C12H12BrClO5S. The number of carbonyl (C=O) groups excluding carboxylic acids is 1. The van der Waals surface area contributed by atoms with Crippen molar-refractivity contribution < 1.29 is 22.7 Å². The average Bonchev–Trinajstić information content (AvgIpc) is 2.67. The van der Waals surface area contributed by atoms with Crippen molar-refractivity contribution >= 4 is 43.3 Å². The molecule has 1 aliphatic heterocycles. The van der Waals surface area contributed by atoms with Gasteiger partial charge >= 0.3 is 5.97 Å². The van der Waals surface area contributed by atoms with Gasteiger partial charge in [-0.1, -0.05) is 27.5 Å². The minimum atomic E-state index is -3.06. The highest BCUT2D eigenvalue weighted by Crippen LogP contribution is 2.27. The van der Waals surface area contributed by atoms with Crippen molar-refractivity contribution in [3.05, 3.63) is 27.7 Å². The quantitative estimate of drug-likeness (QED) is 0.746. The second-order valence-electron chi connectivity index (χ2n) is 4.38. The largest absolute Gasteiger partial charge is 0.480 e. The Bertz CT molecular complexity index is 616. The number of carbonyl (C=O) groups is 1. The van der Waals surface area contributed by atoms with Crippen molar-refractivity contribution in [1.29, 1.82) is 0 Å². The van der Waals surface area contributed by atoms with Gasteiger partial charge in [0.05, 0.1) is 16.5 Å². The van der Waals surface area contributed by atoms with Crippen LogP contribution in [0.25, 0.3) is 0 Å². The lowest BCUT2D eigenvalue weighted by Gasteiger charge is -2.11. The zero-order chi connectivity index (χ0) is 14.8. The van der Waals surface area contributed by atoms with Crippen LogP contribution in [-0.2, 0) is 19.4 Å². The molecule has 2 rings (SSSR count). The van der Waals surface area contributed by atoms with E-state index in [0.29, 0.717) is 17.2 Å². The minimum absolute atomic E-state index is 0.0599. The lowest BCUT2D eigenvalue weighted by atomic mass is 10.3. The maximum atomic E-state index is 11.6. The van der Waals surface area contributed by atoms with E-state index in [9.17, 15) is 13.2 Å². The van der Waals surface area contributed by atoms with Crippen LogP contribution in [-0.4, -0.2) is 38.6 Å². The number of rotatable bonds is 4. The summed E-state index contributed by atoms with van der Waals surface area (Å²) in [4.78, 5) is 11.6. The molecular weight excluding hydrogens is 372 g/mol. The van der Waals surface area contributed by atoms with Gasteiger partial charge in [-0.3, -0.25) is 0 Å². The number of hydrogen-bond donors (Lipinski definition) is 0. The Hall–Kier alpha value is -0.790. The Morgan fingerprint density at radius 2 is 2.20 bits per heavy atom. The summed E-state index contributed by atoms with van der Waals surface area (Å²) in [5, 5.41) is 0.371. The molecule has 20 heavy (non-hydrogen) atoms. The van der Waals surface area contributed by atoms with Crippen molar-refractivity contribution in [2.45, 2.75) is 12.5 Å². The molecule has 0 N–H and O–H groups in total. The van der Waals surface area contributed by atoms with Crippen LogP contribution in [0.15, 0.2) is 22.7 Å². The Morgan fingerprint density at radius 1 is 1.45 bits per heavy atom. The van der Waals surface area contributed by atoms with E-state index in [1.807, 2.05) is 0 Å². The van der Waals surface area contributed by atoms with Crippen LogP contribution in [0.3, 0.4) is 0 Å². The molecule has 0 bridgehead atoms. The zero-order valence-electron chi connectivity index (χ0n) is 10.3. The molecule has 0 saturated carbocycles. The molecule has 0 radical (unpaired) electrons. The van der Waals surface area contributed by atoms with E-state index in [-0.39, 0.29) is 18.1 Å². The predicted molar refractivity (Wildman–Crippen MR) is 77.8 cm³/mol. The van der Waals surface area contributed by atoms with Gasteiger partial charge in [0.2, 0.25) is 0 Å². The van der Waals surface area contributed by atoms with Crippen LogP contribution in [0.4, 0.5) is 0 Å². The fourth-order valence-corrected chi connectivity index (χ4v) is 4.12. The molecule has 0 spiro atoms. The molecule has 5 nitrogen and oxygen atoms in total. The van der Waals surface area contributed by atoms with Crippen molar-refractivity contribution in [2.75, 3.05) is 18.1 Å². The minimum Gasteiger partial charge on any atom is -0.480 e. The SMILES string of the molecule is O=C(COc1ccc(Br)cc1Cl)O[C@@H]1CCS(=O)(=O)C1. The number of benzene rings is 1. The van der Waals surface area contributed by atoms with Gasteiger partial charge in [0.1, 0.15) is 11.9 Å². The van der Waals surface area contributed by atoms with Gasteiger partial charge in [-0.05, 0) is 24.6 Å². The molecule has 0 aromatic heterocycles. The molecule has 1 aliphatic rings. The Morgan fingerprint density at radius 3 is 2.80 bits per heavy atom. The monoisotopic (exact) mass is 382 g/mol. The molecule has 8 heteroatoms. The summed E-state index contributed by atoms with van der Waals surface area (Å²) < 4.78 is 33.5. The number of hydrogen-bond acceptors (Lipinski definition) is 5. The van der Waals surface area contributed by atoms with Gasteiger partial charge in [-0.15, -0.1) is 0 Å². The summed E-state index contributed by atoms with van der Waals surface area (Å²) in [5.41, 5.74) is 0. The van der Waals surface area contributed by atoms with E-state index < -0.39 is 21.9 Å². The maximum Gasteiger partial charge on any atom is 0.344 e. The highest BCUT2D eigenvalue weighted by Gasteiger charge is 2.30. The smallest absolute Gasteiger partial charge is 0.344 e. The average molecular weight is 384 g/mol. The summed E-state index contributed by atoms with van der Waals surface area (Å²) in [5.74, 6) is -0.292. The zero-order valence-corrected chi connectivity index (χ0v) is 13.5. The van der Waals surface area contributed by atoms with Crippen LogP contribution in [0.1, 0.15) is 6.42 Å². The first-order valence-corrected chi connectivity index (χ1v) is 8.83. The third-order valence-electron chi connectivity index (χ3n) is 2.73. The molecule has 1 saturated heterocycles. The van der Waals surface area contributed by atoms with E-state index in [4.69, 9.17) is 21.1 Å². The summed E-state index contributed by atoms with van der Waals surface area (Å²) in [6.45, 7) is -0.308. The van der Waals surface area contributed by atoms with E-state index in [1.54, 1.807) is 18.2 Å². The summed E-state index contributed by atoms with van der Waals surface area (Å²) >= 11 is 9.19. The second-order valence-corrected chi connectivity index (χ2v) is 7.93. The summed E-state index contributed by atoms with van der Waals surface area (Å²) in [6, 6.07) is 5.00. The van der Waals surface area contributed by atoms with Crippen molar-refractivity contribution in [1.82, 2.24) is 0 Å². The van der Waals surface area contributed by atoms with Gasteiger partial charge in [-0.25, -0.2) is 13.2 Å². The first kappa shape index (κ1) is 15.6. The molecule has 110 valence electrons. The van der Waals surface area contributed by atoms with E-state index in [2.05, 4.69) is 15.9 Å². The van der Waals surface area contributed by atoms with Crippen molar-refractivity contribution in [3.63, 3.8) is 0 Å². The van der Waals surface area contributed by atoms with Crippen LogP contribution >= 0.6 is 27.5 Å². The van der Waals surface area contributed by atoms with Crippen molar-refractivity contribution in [3.8, 4) is 5.75 Å².